The van der Waals surface area contributed by atoms with Crippen molar-refractivity contribution in [3.8, 4) is 17.0 Å². The number of hydrogen-bond acceptors (Lipinski definition) is 5. The summed E-state index contributed by atoms with van der Waals surface area (Å²) in [4.78, 5) is 16.3. The van der Waals surface area contributed by atoms with Gasteiger partial charge in [-0.3, -0.25) is 4.79 Å². The van der Waals surface area contributed by atoms with Gasteiger partial charge < -0.3 is 25.3 Å². The molecule has 1 aromatic carbocycles. The van der Waals surface area contributed by atoms with Crippen LogP contribution >= 0.6 is 11.6 Å². The molecule has 136 valence electrons. The van der Waals surface area contributed by atoms with Gasteiger partial charge in [-0.2, -0.15) is 0 Å². The Morgan fingerprint density at radius 3 is 2.92 bits per heavy atom. The lowest BCUT2D eigenvalue weighted by Gasteiger charge is -2.09. The van der Waals surface area contributed by atoms with Crippen LogP contribution in [0.15, 0.2) is 36.7 Å². The Balaban J connectivity index is 1.99. The van der Waals surface area contributed by atoms with Crippen molar-refractivity contribution in [2.45, 2.75) is 13.0 Å². The largest absolute Gasteiger partial charge is 0.495 e. The number of aromatic nitrogens is 2. The van der Waals surface area contributed by atoms with Crippen LogP contribution in [0.5, 0.6) is 5.75 Å². The fourth-order valence-electron chi connectivity index (χ4n) is 2.67. The van der Waals surface area contributed by atoms with Gasteiger partial charge in [0.2, 0.25) is 5.91 Å². The van der Waals surface area contributed by atoms with Gasteiger partial charge in [-0.05, 0) is 23.8 Å². The van der Waals surface area contributed by atoms with E-state index < -0.39 is 0 Å². The number of anilines is 1. The van der Waals surface area contributed by atoms with E-state index in [0.717, 1.165) is 5.56 Å². The first kappa shape index (κ1) is 18.2. The summed E-state index contributed by atoms with van der Waals surface area (Å²) in [6.45, 7) is 0.126. The SMILES string of the molecule is COc1cc(CO)c(-c2cn3ccc(NC(=O)CCN)cc3n2)cc1Cl. The number of nitrogens with two attached hydrogens (primary N) is 1. The third-order valence-electron chi connectivity index (χ3n) is 3.94. The topological polar surface area (TPSA) is 102 Å². The molecule has 0 fully saturated rings. The number of aliphatic hydroxyl groups is 1. The third kappa shape index (κ3) is 3.65. The molecule has 0 saturated heterocycles. The Hall–Kier alpha value is -2.61. The van der Waals surface area contributed by atoms with Gasteiger partial charge in [-0.15, -0.1) is 0 Å². The van der Waals surface area contributed by atoms with Crippen molar-refractivity contribution in [3.63, 3.8) is 0 Å². The van der Waals surface area contributed by atoms with E-state index in [4.69, 9.17) is 22.1 Å². The molecular formula is C18H19ClN4O3. The fourth-order valence-corrected chi connectivity index (χ4v) is 2.91. The van der Waals surface area contributed by atoms with Crippen LogP contribution in [0, 0.1) is 0 Å². The highest BCUT2D eigenvalue weighted by atomic mass is 35.5. The molecule has 0 saturated carbocycles. The first-order valence-corrected chi connectivity index (χ1v) is 8.39. The van der Waals surface area contributed by atoms with E-state index >= 15 is 0 Å². The first-order chi connectivity index (χ1) is 12.5. The number of rotatable bonds is 6. The van der Waals surface area contributed by atoms with Crippen LogP contribution in [0.25, 0.3) is 16.9 Å². The van der Waals surface area contributed by atoms with Crippen LogP contribution in [0.4, 0.5) is 5.69 Å². The van der Waals surface area contributed by atoms with Crippen molar-refractivity contribution in [1.29, 1.82) is 0 Å². The maximum Gasteiger partial charge on any atom is 0.225 e. The van der Waals surface area contributed by atoms with E-state index in [9.17, 15) is 9.90 Å². The van der Waals surface area contributed by atoms with Gasteiger partial charge in [0.05, 0.1) is 24.4 Å². The molecule has 1 amide bonds. The highest BCUT2D eigenvalue weighted by molar-refractivity contribution is 6.32. The van der Waals surface area contributed by atoms with E-state index in [2.05, 4.69) is 10.3 Å². The number of benzene rings is 1. The molecule has 0 bridgehead atoms. The number of pyridine rings is 1. The summed E-state index contributed by atoms with van der Waals surface area (Å²) < 4.78 is 7.02. The third-order valence-corrected chi connectivity index (χ3v) is 4.23. The molecule has 2 heterocycles. The molecule has 0 radical (unpaired) electrons. The lowest BCUT2D eigenvalue weighted by atomic mass is 10.1. The van der Waals surface area contributed by atoms with Crippen molar-refractivity contribution in [2.24, 2.45) is 5.73 Å². The number of carbonyl (C=O) groups excluding carboxylic acids is 1. The van der Waals surface area contributed by atoms with Gasteiger partial charge in [-0.25, -0.2) is 4.98 Å². The summed E-state index contributed by atoms with van der Waals surface area (Å²) in [7, 11) is 1.52. The van der Waals surface area contributed by atoms with Crippen molar-refractivity contribution in [1.82, 2.24) is 9.38 Å². The van der Waals surface area contributed by atoms with Crippen LogP contribution in [-0.4, -0.2) is 34.1 Å². The second-order valence-electron chi connectivity index (χ2n) is 5.70. The van der Waals surface area contributed by atoms with Crippen LogP contribution in [-0.2, 0) is 11.4 Å². The molecule has 3 aromatic rings. The monoisotopic (exact) mass is 374 g/mol. The molecule has 2 aromatic heterocycles. The maximum absolute atomic E-state index is 11.7. The summed E-state index contributed by atoms with van der Waals surface area (Å²) in [6.07, 6.45) is 3.89. The number of nitrogens with one attached hydrogen (secondary N) is 1. The number of imidazole rings is 1. The number of carbonyl (C=O) groups is 1. The molecule has 0 aliphatic rings. The average Bonchev–Trinajstić information content (AvgIpc) is 3.04. The predicted molar refractivity (Wildman–Crippen MR) is 100 cm³/mol. The smallest absolute Gasteiger partial charge is 0.225 e. The number of hydrogen-bond donors (Lipinski definition) is 3. The molecule has 3 rings (SSSR count). The minimum atomic E-state index is -0.170. The second-order valence-corrected chi connectivity index (χ2v) is 6.10. The van der Waals surface area contributed by atoms with Crippen molar-refractivity contribution < 1.29 is 14.6 Å². The first-order valence-electron chi connectivity index (χ1n) is 8.02. The molecule has 8 heteroatoms. The molecule has 0 aliphatic carbocycles. The van der Waals surface area contributed by atoms with Gasteiger partial charge in [0, 0.05) is 42.7 Å². The Labute approximate surface area is 155 Å². The van der Waals surface area contributed by atoms with Gasteiger partial charge in [-0.1, -0.05) is 11.6 Å². The Morgan fingerprint density at radius 2 is 2.23 bits per heavy atom. The minimum Gasteiger partial charge on any atom is -0.495 e. The summed E-state index contributed by atoms with van der Waals surface area (Å²) in [5.74, 6) is 0.348. The van der Waals surface area contributed by atoms with Crippen LogP contribution < -0.4 is 15.8 Å². The minimum absolute atomic E-state index is 0.145. The zero-order valence-electron chi connectivity index (χ0n) is 14.2. The molecule has 4 N–H and O–H groups in total. The van der Waals surface area contributed by atoms with E-state index in [0.29, 0.717) is 39.9 Å². The quantitative estimate of drug-likeness (QED) is 0.615. The number of methoxy groups -OCH3 is 1. The van der Waals surface area contributed by atoms with Gasteiger partial charge in [0.15, 0.2) is 0 Å². The maximum atomic E-state index is 11.7. The van der Waals surface area contributed by atoms with Crippen molar-refractivity contribution >= 4 is 28.8 Å². The summed E-state index contributed by atoms with van der Waals surface area (Å²) >= 11 is 6.22. The Bertz CT molecular complexity index is 955. The highest BCUT2D eigenvalue weighted by Gasteiger charge is 2.14. The predicted octanol–water partition coefficient (Wildman–Crippen LogP) is 2.44. The molecule has 0 atom stereocenters. The lowest BCUT2D eigenvalue weighted by molar-refractivity contribution is -0.116. The molecule has 0 spiro atoms. The van der Waals surface area contributed by atoms with E-state index in [-0.39, 0.29) is 18.9 Å². The van der Waals surface area contributed by atoms with Gasteiger partial charge in [0.1, 0.15) is 11.4 Å². The second kappa shape index (κ2) is 7.74. The van der Waals surface area contributed by atoms with Crippen molar-refractivity contribution in [2.75, 3.05) is 19.0 Å². The fraction of sp³-hybridized carbons (Fsp3) is 0.222. The molecular weight excluding hydrogens is 356 g/mol. The number of ether oxygens (including phenoxy) is 1. The Morgan fingerprint density at radius 1 is 1.42 bits per heavy atom. The average molecular weight is 375 g/mol. The molecule has 7 nitrogen and oxygen atoms in total. The number of halogens is 1. The van der Waals surface area contributed by atoms with Gasteiger partial charge >= 0.3 is 0 Å². The zero-order valence-corrected chi connectivity index (χ0v) is 15.0. The Kier molecular flexibility index (Phi) is 5.41. The number of fused-ring (bicyclic) bond motifs is 1. The van der Waals surface area contributed by atoms with E-state index in [1.54, 1.807) is 30.5 Å². The van der Waals surface area contributed by atoms with E-state index in [1.165, 1.54) is 7.11 Å². The number of aliphatic hydroxyl groups excluding tert-OH is 1. The summed E-state index contributed by atoms with van der Waals surface area (Å²) in [6, 6.07) is 6.96. The van der Waals surface area contributed by atoms with E-state index in [1.807, 2.05) is 10.6 Å². The normalized spacial score (nSPS) is 10.9. The highest BCUT2D eigenvalue weighted by Crippen LogP contribution is 2.33. The number of nitrogens with zero attached hydrogens (tertiary/aromatic N) is 2. The molecule has 0 aliphatic heterocycles. The summed E-state index contributed by atoms with van der Waals surface area (Å²) in [5, 5.41) is 12.9. The lowest BCUT2D eigenvalue weighted by Crippen LogP contribution is -2.16. The number of amides is 1. The van der Waals surface area contributed by atoms with Crippen LogP contribution in [0.1, 0.15) is 12.0 Å². The van der Waals surface area contributed by atoms with Crippen LogP contribution in [0.3, 0.4) is 0 Å². The summed E-state index contributed by atoms with van der Waals surface area (Å²) in [5.41, 5.74) is 8.71. The molecule has 26 heavy (non-hydrogen) atoms. The molecule has 0 unspecified atom stereocenters. The van der Waals surface area contributed by atoms with Crippen molar-refractivity contribution in [3.05, 3.63) is 47.2 Å². The van der Waals surface area contributed by atoms with Gasteiger partial charge in [0.25, 0.3) is 0 Å². The zero-order chi connectivity index (χ0) is 18.7. The van der Waals surface area contributed by atoms with Crippen LogP contribution in [0.2, 0.25) is 5.02 Å². The standard InChI is InChI=1S/C18H19ClN4O3/c1-26-16-6-11(10-24)13(8-14(16)19)15-9-23-5-3-12(7-17(23)22-15)21-18(25)2-4-20/h3,5-9,24H,2,4,10,20H2,1H3,(H,21,25).